The van der Waals surface area contributed by atoms with Crippen LogP contribution in [0.4, 0.5) is 5.69 Å². The third kappa shape index (κ3) is 2.71. The lowest BCUT2D eigenvalue weighted by atomic mass is 10.1. The van der Waals surface area contributed by atoms with Gasteiger partial charge in [-0.25, -0.2) is 0 Å². The molecule has 0 radical (unpaired) electrons. The number of ether oxygens (including phenoxy) is 2. The number of carbonyl (C=O) groups excluding carboxylic acids is 1. The summed E-state index contributed by atoms with van der Waals surface area (Å²) in [6, 6.07) is 12.5. The van der Waals surface area contributed by atoms with E-state index in [0.29, 0.717) is 30.2 Å². The third-order valence-corrected chi connectivity index (χ3v) is 4.40. The van der Waals surface area contributed by atoms with Crippen LogP contribution < -0.4 is 14.4 Å². The molecule has 2 aromatic rings. The minimum absolute atomic E-state index is 0.0126. The normalized spacial score (nSPS) is 16.3. The van der Waals surface area contributed by atoms with E-state index in [9.17, 15) is 9.90 Å². The van der Waals surface area contributed by atoms with Crippen LogP contribution >= 0.6 is 0 Å². The number of phenols is 1. The minimum Gasteiger partial charge on any atom is -0.508 e. The van der Waals surface area contributed by atoms with Crippen LogP contribution in [0.2, 0.25) is 0 Å². The summed E-state index contributed by atoms with van der Waals surface area (Å²) in [5, 5.41) is 9.37. The van der Waals surface area contributed by atoms with Crippen molar-refractivity contribution in [3.05, 3.63) is 48.0 Å². The van der Waals surface area contributed by atoms with E-state index in [2.05, 4.69) is 4.90 Å². The standard InChI is InChI=1S/C18H18N2O4/c21-15-4-2-14(3-5-15)19-7-9-20(10-8-19)18(22)13-1-6-16-17(11-13)24-12-23-16/h1-6,11,21H,7-10,12H2. The van der Waals surface area contributed by atoms with Crippen LogP contribution in [0.1, 0.15) is 10.4 Å². The Morgan fingerprint density at radius 1 is 0.917 bits per heavy atom. The smallest absolute Gasteiger partial charge is 0.254 e. The van der Waals surface area contributed by atoms with Crippen LogP contribution in [0.3, 0.4) is 0 Å². The lowest BCUT2D eigenvalue weighted by Crippen LogP contribution is -2.48. The summed E-state index contributed by atoms with van der Waals surface area (Å²) in [5.74, 6) is 1.58. The molecule has 0 spiro atoms. The Labute approximate surface area is 139 Å². The van der Waals surface area contributed by atoms with Crippen LogP contribution in [0.25, 0.3) is 0 Å². The fraction of sp³-hybridized carbons (Fsp3) is 0.278. The van der Waals surface area contributed by atoms with Gasteiger partial charge in [-0.15, -0.1) is 0 Å². The van der Waals surface area contributed by atoms with Crippen molar-refractivity contribution >= 4 is 11.6 Å². The van der Waals surface area contributed by atoms with Crippen LogP contribution in [0.5, 0.6) is 17.2 Å². The lowest BCUT2D eigenvalue weighted by Gasteiger charge is -2.36. The Kier molecular flexibility index (Phi) is 3.65. The second kappa shape index (κ2) is 5.96. The largest absolute Gasteiger partial charge is 0.508 e. The molecule has 4 rings (SSSR count). The first kappa shape index (κ1) is 14.7. The fourth-order valence-electron chi connectivity index (χ4n) is 3.04. The van der Waals surface area contributed by atoms with E-state index >= 15 is 0 Å². The fourth-order valence-corrected chi connectivity index (χ4v) is 3.04. The van der Waals surface area contributed by atoms with Crippen molar-refractivity contribution in [2.75, 3.05) is 37.9 Å². The molecule has 0 unspecified atom stereocenters. The number of carbonyl (C=O) groups is 1. The SMILES string of the molecule is O=C(c1ccc2c(c1)OCO2)N1CCN(c2ccc(O)cc2)CC1. The molecule has 2 heterocycles. The highest BCUT2D eigenvalue weighted by molar-refractivity contribution is 5.95. The van der Waals surface area contributed by atoms with E-state index in [1.54, 1.807) is 30.3 Å². The van der Waals surface area contributed by atoms with Gasteiger partial charge in [-0.05, 0) is 42.5 Å². The molecular weight excluding hydrogens is 308 g/mol. The molecule has 1 N–H and O–H groups in total. The predicted molar refractivity (Wildman–Crippen MR) is 88.8 cm³/mol. The summed E-state index contributed by atoms with van der Waals surface area (Å²) < 4.78 is 10.6. The predicted octanol–water partition coefficient (Wildman–Crippen LogP) is 2.08. The summed E-state index contributed by atoms with van der Waals surface area (Å²) in [6.45, 7) is 3.06. The number of hydrogen-bond donors (Lipinski definition) is 1. The van der Waals surface area contributed by atoms with Crippen LogP contribution in [-0.4, -0.2) is 48.9 Å². The van der Waals surface area contributed by atoms with Crippen molar-refractivity contribution in [1.29, 1.82) is 0 Å². The van der Waals surface area contributed by atoms with Gasteiger partial charge < -0.3 is 24.4 Å². The van der Waals surface area contributed by atoms with Gasteiger partial charge in [-0.1, -0.05) is 0 Å². The van der Waals surface area contributed by atoms with Gasteiger partial charge in [-0.3, -0.25) is 4.79 Å². The van der Waals surface area contributed by atoms with E-state index < -0.39 is 0 Å². The zero-order valence-corrected chi connectivity index (χ0v) is 13.1. The number of hydrogen-bond acceptors (Lipinski definition) is 5. The second-order valence-corrected chi connectivity index (χ2v) is 5.86. The molecule has 24 heavy (non-hydrogen) atoms. The molecule has 2 aromatic carbocycles. The van der Waals surface area contributed by atoms with E-state index in [-0.39, 0.29) is 18.4 Å². The molecule has 1 amide bonds. The molecule has 2 aliphatic heterocycles. The number of piperazine rings is 1. The monoisotopic (exact) mass is 326 g/mol. The molecule has 1 fully saturated rings. The van der Waals surface area contributed by atoms with Crippen molar-refractivity contribution in [2.45, 2.75) is 0 Å². The van der Waals surface area contributed by atoms with Crippen molar-refractivity contribution in [1.82, 2.24) is 4.90 Å². The molecule has 0 bridgehead atoms. The van der Waals surface area contributed by atoms with Gasteiger partial charge in [0, 0.05) is 37.4 Å². The molecule has 1 saturated heterocycles. The Morgan fingerprint density at radius 2 is 1.62 bits per heavy atom. The van der Waals surface area contributed by atoms with Crippen molar-refractivity contribution in [3.8, 4) is 17.2 Å². The van der Waals surface area contributed by atoms with Crippen molar-refractivity contribution < 1.29 is 19.4 Å². The molecule has 2 aliphatic rings. The zero-order valence-electron chi connectivity index (χ0n) is 13.1. The summed E-state index contributed by atoms with van der Waals surface area (Å²) >= 11 is 0. The van der Waals surface area contributed by atoms with Crippen LogP contribution in [0, 0.1) is 0 Å². The average molecular weight is 326 g/mol. The Balaban J connectivity index is 1.42. The molecule has 0 saturated carbocycles. The maximum absolute atomic E-state index is 12.7. The van der Waals surface area contributed by atoms with Gasteiger partial charge in [0.15, 0.2) is 11.5 Å². The van der Waals surface area contributed by atoms with Gasteiger partial charge >= 0.3 is 0 Å². The first-order valence-corrected chi connectivity index (χ1v) is 7.93. The van der Waals surface area contributed by atoms with Gasteiger partial charge in [0.05, 0.1) is 0 Å². The van der Waals surface area contributed by atoms with E-state index in [1.165, 1.54) is 0 Å². The third-order valence-electron chi connectivity index (χ3n) is 4.40. The molecule has 0 aromatic heterocycles. The first-order valence-electron chi connectivity index (χ1n) is 7.93. The zero-order chi connectivity index (χ0) is 16.5. The van der Waals surface area contributed by atoms with Crippen molar-refractivity contribution in [2.24, 2.45) is 0 Å². The first-order chi connectivity index (χ1) is 11.7. The summed E-state index contributed by atoms with van der Waals surface area (Å²) in [4.78, 5) is 16.7. The molecule has 0 aliphatic carbocycles. The Hall–Kier alpha value is -2.89. The average Bonchev–Trinajstić information content (AvgIpc) is 3.09. The second-order valence-electron chi connectivity index (χ2n) is 5.86. The van der Waals surface area contributed by atoms with Crippen LogP contribution in [0.15, 0.2) is 42.5 Å². The van der Waals surface area contributed by atoms with E-state index in [0.717, 1.165) is 18.8 Å². The highest BCUT2D eigenvalue weighted by Gasteiger charge is 2.24. The Morgan fingerprint density at radius 3 is 2.38 bits per heavy atom. The quantitative estimate of drug-likeness (QED) is 0.915. The molecule has 124 valence electrons. The number of fused-ring (bicyclic) bond motifs is 1. The highest BCUT2D eigenvalue weighted by atomic mass is 16.7. The number of benzene rings is 2. The highest BCUT2D eigenvalue weighted by Crippen LogP contribution is 2.33. The Bertz CT molecular complexity index is 752. The number of rotatable bonds is 2. The number of amides is 1. The van der Waals surface area contributed by atoms with Gasteiger partial charge in [0.25, 0.3) is 5.91 Å². The van der Waals surface area contributed by atoms with Crippen molar-refractivity contribution in [3.63, 3.8) is 0 Å². The number of nitrogens with zero attached hydrogens (tertiary/aromatic N) is 2. The number of aromatic hydroxyl groups is 1. The number of phenolic OH excluding ortho intramolecular Hbond substituents is 1. The van der Waals surface area contributed by atoms with Gasteiger partial charge in [0.1, 0.15) is 5.75 Å². The molecular formula is C18H18N2O4. The molecule has 0 atom stereocenters. The maximum atomic E-state index is 12.7. The van der Waals surface area contributed by atoms with E-state index in [4.69, 9.17) is 9.47 Å². The minimum atomic E-state index is 0.0126. The van der Waals surface area contributed by atoms with Gasteiger partial charge in [-0.2, -0.15) is 0 Å². The molecule has 6 nitrogen and oxygen atoms in total. The summed E-state index contributed by atoms with van der Waals surface area (Å²) in [6.07, 6.45) is 0. The lowest BCUT2D eigenvalue weighted by molar-refractivity contribution is 0.0746. The van der Waals surface area contributed by atoms with E-state index in [1.807, 2.05) is 17.0 Å². The summed E-state index contributed by atoms with van der Waals surface area (Å²) in [5.41, 5.74) is 1.68. The van der Waals surface area contributed by atoms with Gasteiger partial charge in [0.2, 0.25) is 6.79 Å². The maximum Gasteiger partial charge on any atom is 0.254 e. The molecule has 6 heteroatoms. The number of anilines is 1. The van der Waals surface area contributed by atoms with Crippen LogP contribution in [-0.2, 0) is 0 Å². The summed E-state index contributed by atoms with van der Waals surface area (Å²) in [7, 11) is 0. The topological polar surface area (TPSA) is 62.2 Å².